The molecule has 0 saturated carbocycles. The first kappa shape index (κ1) is 31.0. The Morgan fingerprint density at radius 1 is 0.818 bits per heavy atom. The van der Waals surface area contributed by atoms with Crippen LogP contribution in [0.5, 0.6) is 11.5 Å². The number of nitrogens with zero attached hydrogens (tertiary/aromatic N) is 4. The number of para-hydroxylation sites is 2. The summed E-state index contributed by atoms with van der Waals surface area (Å²) in [6.45, 7) is 6.96. The number of amides is 1. The summed E-state index contributed by atoms with van der Waals surface area (Å²) in [6, 6.07) is 18.5. The van der Waals surface area contributed by atoms with Gasteiger partial charge >= 0.3 is 0 Å². The number of carbonyl (C=O) groups is 1. The summed E-state index contributed by atoms with van der Waals surface area (Å²) >= 11 is 0. The SMILES string of the molecule is CCCN1CCN(CC(=O)Nc2cccc(S(=O)(=O)Nc3nc4ccccc4nc3Nc3cc(OC)cc(OC)c3)c2)CC1. The van der Waals surface area contributed by atoms with E-state index in [4.69, 9.17) is 9.47 Å². The average molecular weight is 620 g/mol. The van der Waals surface area contributed by atoms with Crippen molar-refractivity contribution in [1.29, 1.82) is 0 Å². The van der Waals surface area contributed by atoms with E-state index in [9.17, 15) is 13.2 Å². The van der Waals surface area contributed by atoms with E-state index in [1.165, 1.54) is 12.1 Å². The highest BCUT2D eigenvalue weighted by molar-refractivity contribution is 7.92. The summed E-state index contributed by atoms with van der Waals surface area (Å²) in [4.78, 5) is 26.5. The molecule has 0 spiro atoms. The maximum Gasteiger partial charge on any atom is 0.263 e. The number of hydrogen-bond donors (Lipinski definition) is 3. The molecular weight excluding hydrogens is 582 g/mol. The van der Waals surface area contributed by atoms with Crippen LogP contribution in [-0.2, 0) is 14.8 Å². The number of carbonyl (C=O) groups excluding carboxylic acids is 1. The summed E-state index contributed by atoms with van der Waals surface area (Å²) in [5.74, 6) is 1.07. The lowest BCUT2D eigenvalue weighted by Crippen LogP contribution is -2.48. The predicted molar refractivity (Wildman–Crippen MR) is 171 cm³/mol. The number of hydrogen-bond acceptors (Lipinski definition) is 10. The van der Waals surface area contributed by atoms with Crippen molar-refractivity contribution in [3.8, 4) is 11.5 Å². The van der Waals surface area contributed by atoms with Gasteiger partial charge in [0.25, 0.3) is 10.0 Å². The Morgan fingerprint density at radius 2 is 1.45 bits per heavy atom. The minimum absolute atomic E-state index is 0.00198. The van der Waals surface area contributed by atoms with Crippen LogP contribution in [0.3, 0.4) is 0 Å². The van der Waals surface area contributed by atoms with E-state index in [1.807, 2.05) is 6.07 Å². The van der Waals surface area contributed by atoms with Gasteiger partial charge in [0.05, 0.1) is 36.7 Å². The summed E-state index contributed by atoms with van der Waals surface area (Å²) in [7, 11) is -1.05. The molecule has 0 unspecified atom stereocenters. The third kappa shape index (κ3) is 7.73. The molecule has 4 aromatic rings. The van der Waals surface area contributed by atoms with Crippen LogP contribution in [0.2, 0.25) is 0 Å². The van der Waals surface area contributed by atoms with E-state index in [0.717, 1.165) is 39.1 Å². The van der Waals surface area contributed by atoms with E-state index in [1.54, 1.807) is 62.8 Å². The fraction of sp³-hybridized carbons (Fsp3) is 0.323. The first-order valence-electron chi connectivity index (χ1n) is 14.4. The fourth-order valence-electron chi connectivity index (χ4n) is 4.99. The van der Waals surface area contributed by atoms with Gasteiger partial charge in [0.2, 0.25) is 5.91 Å². The van der Waals surface area contributed by atoms with Crippen molar-refractivity contribution < 1.29 is 22.7 Å². The van der Waals surface area contributed by atoms with Gasteiger partial charge in [0.1, 0.15) is 11.5 Å². The molecule has 0 radical (unpaired) electrons. The highest BCUT2D eigenvalue weighted by Gasteiger charge is 2.22. The van der Waals surface area contributed by atoms with E-state index in [2.05, 4.69) is 42.0 Å². The van der Waals surface area contributed by atoms with Crippen LogP contribution in [-0.4, -0.2) is 87.6 Å². The summed E-state index contributed by atoms with van der Waals surface area (Å²) in [5, 5.41) is 5.99. The highest BCUT2D eigenvalue weighted by atomic mass is 32.2. The molecule has 232 valence electrons. The van der Waals surface area contributed by atoms with Crippen LogP contribution in [0.1, 0.15) is 13.3 Å². The molecule has 44 heavy (non-hydrogen) atoms. The molecule has 1 aliphatic rings. The van der Waals surface area contributed by atoms with Crippen molar-refractivity contribution >= 4 is 50.0 Å². The second kappa shape index (κ2) is 13.9. The van der Waals surface area contributed by atoms with Crippen molar-refractivity contribution in [2.75, 3.05) is 68.8 Å². The van der Waals surface area contributed by atoms with Crippen molar-refractivity contribution in [3.05, 3.63) is 66.7 Å². The minimum Gasteiger partial charge on any atom is -0.497 e. The maximum atomic E-state index is 13.6. The van der Waals surface area contributed by atoms with E-state index in [-0.39, 0.29) is 29.0 Å². The Bertz CT molecular complexity index is 1700. The van der Waals surface area contributed by atoms with Gasteiger partial charge in [-0.05, 0) is 43.3 Å². The van der Waals surface area contributed by atoms with Crippen LogP contribution in [0.15, 0.2) is 71.6 Å². The summed E-state index contributed by atoms with van der Waals surface area (Å²) in [5.41, 5.74) is 2.02. The predicted octanol–water partition coefficient (Wildman–Crippen LogP) is 4.16. The molecule has 0 bridgehead atoms. The molecule has 1 aromatic heterocycles. The lowest BCUT2D eigenvalue weighted by Gasteiger charge is -2.34. The van der Waals surface area contributed by atoms with Gasteiger partial charge in [0, 0.05) is 55.8 Å². The Hall–Kier alpha value is -4.46. The molecule has 3 N–H and O–H groups in total. The molecule has 5 rings (SSSR count). The van der Waals surface area contributed by atoms with Crippen LogP contribution >= 0.6 is 0 Å². The zero-order chi connectivity index (χ0) is 31.1. The zero-order valence-corrected chi connectivity index (χ0v) is 25.9. The van der Waals surface area contributed by atoms with Gasteiger partial charge in [-0.3, -0.25) is 14.4 Å². The molecule has 2 heterocycles. The van der Waals surface area contributed by atoms with Crippen molar-refractivity contribution in [2.45, 2.75) is 18.2 Å². The Kier molecular flexibility index (Phi) is 9.78. The monoisotopic (exact) mass is 619 g/mol. The first-order valence-corrected chi connectivity index (χ1v) is 15.9. The van der Waals surface area contributed by atoms with Crippen molar-refractivity contribution in [1.82, 2.24) is 19.8 Å². The van der Waals surface area contributed by atoms with Crippen molar-refractivity contribution in [3.63, 3.8) is 0 Å². The second-order valence-electron chi connectivity index (χ2n) is 10.4. The third-order valence-electron chi connectivity index (χ3n) is 7.22. The Labute approximate surface area is 257 Å². The molecule has 0 atom stereocenters. The standard InChI is InChI=1S/C31H37N7O5S/c1-4-12-37-13-15-38(16-14-37)21-29(39)32-22-8-7-9-26(19-22)44(40,41)36-31-30(34-27-10-5-6-11-28(27)35-31)33-23-17-24(42-2)20-25(18-23)43-3/h5-11,17-20H,4,12-16,21H2,1-3H3,(H,32,39)(H,33,34)(H,35,36). The molecule has 1 fully saturated rings. The molecular formula is C31H37N7O5S. The maximum absolute atomic E-state index is 13.6. The topological polar surface area (TPSA) is 138 Å². The molecule has 13 heteroatoms. The van der Waals surface area contributed by atoms with Gasteiger partial charge in [-0.2, -0.15) is 0 Å². The first-order chi connectivity index (χ1) is 21.3. The number of rotatable bonds is 12. The number of benzene rings is 3. The number of sulfonamides is 1. The number of piperazine rings is 1. The number of methoxy groups -OCH3 is 2. The average Bonchev–Trinajstić information content (AvgIpc) is 3.02. The van der Waals surface area contributed by atoms with Crippen LogP contribution in [0.25, 0.3) is 11.0 Å². The van der Waals surface area contributed by atoms with E-state index in [0.29, 0.717) is 33.9 Å². The lowest BCUT2D eigenvalue weighted by atomic mass is 10.2. The summed E-state index contributed by atoms with van der Waals surface area (Å²) in [6.07, 6.45) is 1.11. The lowest BCUT2D eigenvalue weighted by molar-refractivity contribution is -0.117. The van der Waals surface area contributed by atoms with Gasteiger partial charge in [-0.25, -0.2) is 18.4 Å². The molecule has 3 aromatic carbocycles. The molecule has 12 nitrogen and oxygen atoms in total. The highest BCUT2D eigenvalue weighted by Crippen LogP contribution is 2.31. The number of anilines is 4. The van der Waals surface area contributed by atoms with Gasteiger partial charge in [-0.1, -0.05) is 25.1 Å². The second-order valence-corrected chi connectivity index (χ2v) is 12.1. The van der Waals surface area contributed by atoms with Crippen LogP contribution in [0, 0.1) is 0 Å². The zero-order valence-electron chi connectivity index (χ0n) is 25.0. The van der Waals surface area contributed by atoms with Crippen LogP contribution in [0.4, 0.5) is 23.0 Å². The van der Waals surface area contributed by atoms with Gasteiger partial charge < -0.3 is 25.0 Å². The molecule has 1 amide bonds. The van der Waals surface area contributed by atoms with Crippen molar-refractivity contribution in [2.24, 2.45) is 0 Å². The van der Waals surface area contributed by atoms with E-state index < -0.39 is 10.0 Å². The quantitative estimate of drug-likeness (QED) is 0.212. The Morgan fingerprint density at radius 3 is 2.09 bits per heavy atom. The Balaban J connectivity index is 1.35. The minimum atomic E-state index is -4.13. The normalized spacial score (nSPS) is 14.2. The number of ether oxygens (including phenoxy) is 2. The van der Waals surface area contributed by atoms with E-state index >= 15 is 0 Å². The largest absolute Gasteiger partial charge is 0.497 e. The number of fused-ring (bicyclic) bond motifs is 1. The molecule has 0 aliphatic carbocycles. The fourth-order valence-corrected chi connectivity index (χ4v) is 6.05. The molecule has 1 aliphatic heterocycles. The van der Waals surface area contributed by atoms with Gasteiger partial charge in [0.15, 0.2) is 11.6 Å². The molecule has 1 saturated heterocycles. The third-order valence-corrected chi connectivity index (χ3v) is 8.55. The number of nitrogens with one attached hydrogen (secondary N) is 3. The number of aromatic nitrogens is 2. The summed E-state index contributed by atoms with van der Waals surface area (Å²) < 4.78 is 40.5. The van der Waals surface area contributed by atoms with Gasteiger partial charge in [-0.15, -0.1) is 0 Å². The van der Waals surface area contributed by atoms with Crippen LogP contribution < -0.4 is 24.8 Å². The smallest absolute Gasteiger partial charge is 0.263 e.